The number of hydrogen-bond acceptors (Lipinski definition) is 3. The lowest BCUT2D eigenvalue weighted by Crippen LogP contribution is -2.25. The molecule has 1 heterocycles. The maximum absolute atomic E-state index is 11.8. The van der Waals surface area contributed by atoms with E-state index in [-0.39, 0.29) is 17.0 Å². The van der Waals surface area contributed by atoms with Gasteiger partial charge in [0.25, 0.3) is 5.91 Å². The van der Waals surface area contributed by atoms with Gasteiger partial charge in [0.15, 0.2) is 0 Å². The molecule has 0 saturated heterocycles. The molecule has 1 aromatic heterocycles. The highest BCUT2D eigenvalue weighted by atomic mass is 32.1. The van der Waals surface area contributed by atoms with Gasteiger partial charge in [0.1, 0.15) is 0 Å². The van der Waals surface area contributed by atoms with Gasteiger partial charge in [-0.15, -0.1) is 0 Å². The number of carboxylic acids is 1. The average molecular weight is 283 g/mol. The van der Waals surface area contributed by atoms with Crippen LogP contribution in [0.25, 0.3) is 0 Å². The van der Waals surface area contributed by atoms with Gasteiger partial charge in [-0.1, -0.05) is 39.0 Å². The Morgan fingerprint density at radius 2 is 1.74 bits per heavy atom. The van der Waals surface area contributed by atoms with Crippen LogP contribution in [-0.4, -0.2) is 23.5 Å². The van der Waals surface area contributed by atoms with Crippen molar-refractivity contribution in [1.82, 2.24) is 5.32 Å². The molecule has 0 spiro atoms. The first kappa shape index (κ1) is 15.7. The first-order valence-corrected chi connectivity index (χ1v) is 7.68. The number of carboxylic acid groups (broad SMARTS) is 1. The number of carbonyl (C=O) groups excluding carboxylic acids is 1. The van der Waals surface area contributed by atoms with Crippen molar-refractivity contribution in [2.24, 2.45) is 0 Å². The fourth-order valence-corrected chi connectivity index (χ4v) is 2.64. The zero-order valence-electron chi connectivity index (χ0n) is 11.3. The molecule has 106 valence electrons. The number of unbranched alkanes of at least 4 members (excludes halogenated alkanes) is 5. The topological polar surface area (TPSA) is 66.4 Å². The van der Waals surface area contributed by atoms with E-state index in [1.54, 1.807) is 5.38 Å². The van der Waals surface area contributed by atoms with E-state index in [0.29, 0.717) is 6.54 Å². The number of hydrogen-bond donors (Lipinski definition) is 2. The summed E-state index contributed by atoms with van der Waals surface area (Å²) >= 11 is 1.23. The van der Waals surface area contributed by atoms with E-state index in [1.807, 2.05) is 0 Å². The highest BCUT2D eigenvalue weighted by Crippen LogP contribution is 2.15. The minimum atomic E-state index is -1.05. The van der Waals surface area contributed by atoms with Crippen molar-refractivity contribution in [1.29, 1.82) is 0 Å². The third kappa shape index (κ3) is 5.42. The summed E-state index contributed by atoms with van der Waals surface area (Å²) in [5, 5.41) is 14.8. The van der Waals surface area contributed by atoms with Crippen LogP contribution in [0.1, 0.15) is 66.2 Å². The second-order valence-corrected chi connectivity index (χ2v) is 5.27. The number of rotatable bonds is 9. The Morgan fingerprint density at radius 3 is 2.42 bits per heavy atom. The summed E-state index contributed by atoms with van der Waals surface area (Å²) in [6.07, 6.45) is 6.99. The van der Waals surface area contributed by atoms with E-state index in [1.165, 1.54) is 42.4 Å². The van der Waals surface area contributed by atoms with Crippen molar-refractivity contribution in [2.75, 3.05) is 6.54 Å². The van der Waals surface area contributed by atoms with Crippen LogP contribution >= 0.6 is 11.3 Å². The van der Waals surface area contributed by atoms with E-state index in [0.717, 1.165) is 12.8 Å². The van der Waals surface area contributed by atoms with Gasteiger partial charge in [-0.3, -0.25) is 4.79 Å². The predicted octanol–water partition coefficient (Wildman–Crippen LogP) is 3.54. The monoisotopic (exact) mass is 283 g/mol. The van der Waals surface area contributed by atoms with Crippen molar-refractivity contribution < 1.29 is 14.7 Å². The van der Waals surface area contributed by atoms with Crippen LogP contribution in [0, 0.1) is 0 Å². The largest absolute Gasteiger partial charge is 0.478 e. The van der Waals surface area contributed by atoms with Crippen LogP contribution < -0.4 is 5.32 Å². The Labute approximate surface area is 117 Å². The number of thiophene rings is 1. The average Bonchev–Trinajstić information content (AvgIpc) is 2.87. The van der Waals surface area contributed by atoms with Crippen LogP contribution in [-0.2, 0) is 0 Å². The third-order valence-corrected chi connectivity index (χ3v) is 3.70. The highest BCUT2D eigenvalue weighted by Gasteiger charge is 2.16. The molecule has 0 unspecified atom stereocenters. The van der Waals surface area contributed by atoms with Crippen molar-refractivity contribution >= 4 is 23.2 Å². The van der Waals surface area contributed by atoms with Crippen LogP contribution in [0.5, 0.6) is 0 Å². The molecule has 1 aromatic rings. The normalized spacial score (nSPS) is 10.4. The lowest BCUT2D eigenvalue weighted by molar-refractivity contribution is 0.0691. The molecule has 1 amide bonds. The highest BCUT2D eigenvalue weighted by molar-refractivity contribution is 7.08. The van der Waals surface area contributed by atoms with Crippen LogP contribution in [0.3, 0.4) is 0 Å². The predicted molar refractivity (Wildman–Crippen MR) is 77.0 cm³/mol. The standard InChI is InChI=1S/C14H21NO3S/c1-2-3-4-5-6-7-8-15-13(16)11-9-19-10-12(11)14(17)18/h9-10H,2-8H2,1H3,(H,15,16)(H,17,18). The van der Waals surface area contributed by atoms with Crippen LogP contribution in [0.2, 0.25) is 0 Å². The van der Waals surface area contributed by atoms with Gasteiger partial charge in [0, 0.05) is 17.3 Å². The van der Waals surface area contributed by atoms with Gasteiger partial charge >= 0.3 is 5.97 Å². The maximum atomic E-state index is 11.8. The van der Waals surface area contributed by atoms with Gasteiger partial charge in [-0.25, -0.2) is 4.79 Å². The Morgan fingerprint density at radius 1 is 1.11 bits per heavy atom. The van der Waals surface area contributed by atoms with Crippen LogP contribution in [0.15, 0.2) is 10.8 Å². The smallest absolute Gasteiger partial charge is 0.337 e. The Kier molecular flexibility index (Phi) is 7.18. The molecule has 0 radical (unpaired) electrons. The zero-order valence-corrected chi connectivity index (χ0v) is 12.1. The number of carbonyl (C=O) groups is 2. The SMILES string of the molecule is CCCCCCCCNC(=O)c1cscc1C(=O)O. The molecule has 0 saturated carbocycles. The quantitative estimate of drug-likeness (QED) is 0.681. The van der Waals surface area contributed by atoms with Gasteiger partial charge in [0.2, 0.25) is 0 Å². The first-order valence-electron chi connectivity index (χ1n) is 6.74. The summed E-state index contributed by atoms with van der Waals surface area (Å²) in [7, 11) is 0. The lowest BCUT2D eigenvalue weighted by atomic mass is 10.1. The van der Waals surface area contributed by atoms with E-state index < -0.39 is 5.97 Å². The summed E-state index contributed by atoms with van der Waals surface area (Å²) in [5.41, 5.74) is 0.355. The second-order valence-electron chi connectivity index (χ2n) is 4.53. The zero-order chi connectivity index (χ0) is 14.1. The molecular weight excluding hydrogens is 262 g/mol. The Balaban J connectivity index is 2.24. The van der Waals surface area contributed by atoms with E-state index in [4.69, 9.17) is 5.11 Å². The molecule has 1 rings (SSSR count). The second kappa shape index (κ2) is 8.69. The molecule has 0 aliphatic heterocycles. The van der Waals surface area contributed by atoms with Gasteiger partial charge in [-0.05, 0) is 6.42 Å². The van der Waals surface area contributed by atoms with Gasteiger partial charge in [-0.2, -0.15) is 11.3 Å². The number of nitrogens with one attached hydrogen (secondary N) is 1. The molecule has 0 atom stereocenters. The van der Waals surface area contributed by atoms with E-state index in [2.05, 4.69) is 12.2 Å². The molecule has 2 N–H and O–H groups in total. The molecule has 0 aliphatic rings. The summed E-state index contributed by atoms with van der Waals surface area (Å²) in [6, 6.07) is 0. The van der Waals surface area contributed by atoms with Crippen molar-refractivity contribution in [3.05, 3.63) is 21.9 Å². The van der Waals surface area contributed by atoms with E-state index in [9.17, 15) is 9.59 Å². The van der Waals surface area contributed by atoms with Crippen molar-refractivity contribution in [2.45, 2.75) is 45.4 Å². The minimum absolute atomic E-state index is 0.0884. The fraction of sp³-hybridized carbons (Fsp3) is 0.571. The van der Waals surface area contributed by atoms with Gasteiger partial charge in [0.05, 0.1) is 11.1 Å². The maximum Gasteiger partial charge on any atom is 0.337 e. The molecule has 0 fully saturated rings. The first-order chi connectivity index (χ1) is 9.16. The lowest BCUT2D eigenvalue weighted by Gasteiger charge is -2.05. The summed E-state index contributed by atoms with van der Waals surface area (Å²) in [5.74, 6) is -1.34. The van der Waals surface area contributed by atoms with E-state index >= 15 is 0 Å². The molecule has 4 nitrogen and oxygen atoms in total. The molecule has 0 aliphatic carbocycles. The number of amides is 1. The number of aromatic carboxylic acids is 1. The van der Waals surface area contributed by atoms with Crippen molar-refractivity contribution in [3.8, 4) is 0 Å². The molecule has 5 heteroatoms. The Bertz CT molecular complexity index is 415. The molecular formula is C14H21NO3S. The summed E-state index contributed by atoms with van der Waals surface area (Å²) in [6.45, 7) is 2.79. The van der Waals surface area contributed by atoms with Crippen LogP contribution in [0.4, 0.5) is 0 Å². The molecule has 19 heavy (non-hydrogen) atoms. The summed E-state index contributed by atoms with van der Waals surface area (Å²) in [4.78, 5) is 22.7. The fourth-order valence-electron chi connectivity index (χ4n) is 1.84. The molecule has 0 bridgehead atoms. The van der Waals surface area contributed by atoms with Crippen molar-refractivity contribution in [3.63, 3.8) is 0 Å². The van der Waals surface area contributed by atoms with Gasteiger partial charge < -0.3 is 10.4 Å². The third-order valence-electron chi connectivity index (χ3n) is 2.95. The molecule has 0 aromatic carbocycles. The summed E-state index contributed by atoms with van der Waals surface area (Å²) < 4.78 is 0. The minimum Gasteiger partial charge on any atom is -0.478 e. The Hall–Kier alpha value is -1.36.